The van der Waals surface area contributed by atoms with Crippen LogP contribution in [0.5, 0.6) is 0 Å². The van der Waals surface area contributed by atoms with Gasteiger partial charge in [-0.1, -0.05) is 48.0 Å². The highest BCUT2D eigenvalue weighted by atomic mass is 79.9. The lowest BCUT2D eigenvalue weighted by Crippen LogP contribution is -2.38. The zero-order valence-electron chi connectivity index (χ0n) is 12.4. The number of benzene rings is 1. The Kier molecular flexibility index (Phi) is 3.84. The summed E-state index contributed by atoms with van der Waals surface area (Å²) in [5, 5.41) is 0. The molecule has 5 heteroatoms. The van der Waals surface area contributed by atoms with E-state index < -0.39 is 0 Å². The molecule has 0 saturated carbocycles. The van der Waals surface area contributed by atoms with E-state index in [0.717, 1.165) is 29.9 Å². The maximum Gasteiger partial charge on any atom is 0.178 e. The highest BCUT2D eigenvalue weighted by Gasteiger charge is 2.27. The van der Waals surface area contributed by atoms with Gasteiger partial charge in [-0.3, -0.25) is 4.90 Å². The second kappa shape index (κ2) is 5.38. The van der Waals surface area contributed by atoms with Crippen LogP contribution in [0.1, 0.15) is 19.4 Å². The molecule has 21 heavy (non-hydrogen) atoms. The third kappa shape index (κ3) is 2.74. The summed E-state index contributed by atoms with van der Waals surface area (Å²) in [7, 11) is 0. The summed E-state index contributed by atoms with van der Waals surface area (Å²) in [6.07, 6.45) is 2.03. The molecule has 0 saturated heterocycles. The van der Waals surface area contributed by atoms with Gasteiger partial charge >= 0.3 is 0 Å². The summed E-state index contributed by atoms with van der Waals surface area (Å²) in [6, 6.07) is 6.39. The van der Waals surface area contributed by atoms with E-state index in [1.807, 2.05) is 6.08 Å². The number of hydrogen-bond donors (Lipinski definition) is 1. The topological polar surface area (TPSA) is 24.0 Å². The van der Waals surface area contributed by atoms with Gasteiger partial charge in [-0.15, -0.1) is 6.58 Å². The molecule has 2 aromatic rings. The van der Waals surface area contributed by atoms with Crippen LogP contribution in [0.15, 0.2) is 30.9 Å². The van der Waals surface area contributed by atoms with Crippen LogP contribution in [0.3, 0.4) is 0 Å². The number of nitrogens with zero attached hydrogens (tertiary/aromatic N) is 2. The first-order valence-corrected chi connectivity index (χ1v) is 8.46. The number of alkyl halides is 1. The number of rotatable bonds is 3. The van der Waals surface area contributed by atoms with E-state index in [0.29, 0.717) is 0 Å². The Morgan fingerprint density at radius 2 is 2.29 bits per heavy atom. The van der Waals surface area contributed by atoms with Gasteiger partial charge in [-0.05, 0) is 29.3 Å². The standard InChI is InChI=1S/C16H20BrN3S/c1-4-16(2,3)10-19-8-11-6-5-7-12-14(11)20(9-13(19)17)15(21)18-12/h4-7,13H,1,8-10H2,2-3H3,(H,18,21)/t13-/m1/s1. The fourth-order valence-electron chi connectivity index (χ4n) is 2.92. The predicted octanol–water partition coefficient (Wildman–Crippen LogP) is 4.45. The molecule has 3 rings (SSSR count). The predicted molar refractivity (Wildman–Crippen MR) is 94.2 cm³/mol. The van der Waals surface area contributed by atoms with Gasteiger partial charge in [0.05, 0.1) is 22.5 Å². The zero-order valence-corrected chi connectivity index (χ0v) is 14.8. The van der Waals surface area contributed by atoms with Gasteiger partial charge in [0, 0.05) is 13.1 Å². The number of para-hydroxylation sites is 1. The monoisotopic (exact) mass is 365 g/mol. The lowest BCUT2D eigenvalue weighted by Gasteiger charge is -2.32. The Morgan fingerprint density at radius 1 is 1.52 bits per heavy atom. The SMILES string of the molecule is C=CC(C)(C)CN1Cc2cccc3[nH]c(=S)n(c23)C[C@@H]1Br. The highest BCUT2D eigenvalue weighted by Crippen LogP contribution is 2.30. The lowest BCUT2D eigenvalue weighted by molar-refractivity contribution is 0.185. The van der Waals surface area contributed by atoms with Crippen molar-refractivity contribution >= 4 is 39.2 Å². The maximum atomic E-state index is 5.48. The molecular weight excluding hydrogens is 346 g/mol. The van der Waals surface area contributed by atoms with Crippen LogP contribution in [0, 0.1) is 10.2 Å². The molecule has 0 aliphatic carbocycles. The molecule has 112 valence electrons. The molecule has 1 N–H and O–H groups in total. The number of imidazole rings is 1. The van der Waals surface area contributed by atoms with Crippen molar-refractivity contribution in [2.75, 3.05) is 6.54 Å². The molecule has 0 radical (unpaired) electrons. The van der Waals surface area contributed by atoms with Crippen molar-refractivity contribution in [3.05, 3.63) is 41.2 Å². The number of aromatic nitrogens is 2. The Hall–Kier alpha value is -0.910. The van der Waals surface area contributed by atoms with E-state index in [1.54, 1.807) is 0 Å². The van der Waals surface area contributed by atoms with Gasteiger partial charge in [0.1, 0.15) is 0 Å². The maximum absolute atomic E-state index is 5.48. The summed E-state index contributed by atoms with van der Waals surface area (Å²) >= 11 is 9.32. The van der Waals surface area contributed by atoms with Crippen LogP contribution < -0.4 is 0 Å². The number of aromatic amines is 1. The Bertz CT molecular complexity index is 744. The van der Waals surface area contributed by atoms with Gasteiger partial charge in [-0.25, -0.2) is 0 Å². The number of nitrogens with one attached hydrogen (secondary N) is 1. The van der Waals surface area contributed by atoms with Crippen molar-refractivity contribution < 1.29 is 0 Å². The van der Waals surface area contributed by atoms with Crippen LogP contribution in [-0.4, -0.2) is 25.9 Å². The first-order valence-electron chi connectivity index (χ1n) is 7.13. The second-order valence-electron chi connectivity index (χ2n) is 6.39. The molecule has 1 atom stereocenters. The zero-order chi connectivity index (χ0) is 15.2. The summed E-state index contributed by atoms with van der Waals surface area (Å²) in [5.74, 6) is 0. The molecule has 0 bridgehead atoms. The smallest absolute Gasteiger partial charge is 0.178 e. The minimum Gasteiger partial charge on any atom is -0.331 e. The fourth-order valence-corrected chi connectivity index (χ4v) is 3.78. The Labute approximate surface area is 138 Å². The minimum atomic E-state index is 0.0852. The van der Waals surface area contributed by atoms with Crippen molar-refractivity contribution in [1.29, 1.82) is 0 Å². The molecule has 0 unspecified atom stereocenters. The number of H-pyrrole nitrogens is 1. The summed E-state index contributed by atoms with van der Waals surface area (Å²) < 4.78 is 3.01. The van der Waals surface area contributed by atoms with E-state index in [1.165, 1.54) is 11.1 Å². The van der Waals surface area contributed by atoms with E-state index in [2.05, 4.69) is 69.0 Å². The molecule has 2 heterocycles. The van der Waals surface area contributed by atoms with Gasteiger partial charge < -0.3 is 9.55 Å². The van der Waals surface area contributed by atoms with Gasteiger partial charge in [-0.2, -0.15) is 0 Å². The summed E-state index contributed by atoms with van der Waals surface area (Å²) in [6.45, 7) is 11.1. The van der Waals surface area contributed by atoms with E-state index in [-0.39, 0.29) is 10.4 Å². The molecular formula is C16H20BrN3S. The summed E-state index contributed by atoms with van der Waals surface area (Å²) in [4.78, 5) is 6.02. The molecule has 0 spiro atoms. The third-order valence-electron chi connectivity index (χ3n) is 4.14. The molecule has 1 aromatic heterocycles. The van der Waals surface area contributed by atoms with E-state index in [9.17, 15) is 0 Å². The minimum absolute atomic E-state index is 0.0852. The average Bonchev–Trinajstić information content (AvgIpc) is 2.66. The normalized spacial score (nSPS) is 19.7. The van der Waals surface area contributed by atoms with E-state index in [4.69, 9.17) is 12.2 Å². The Morgan fingerprint density at radius 3 is 3.00 bits per heavy atom. The highest BCUT2D eigenvalue weighted by molar-refractivity contribution is 9.09. The molecule has 1 aromatic carbocycles. The molecule has 0 fully saturated rings. The van der Waals surface area contributed by atoms with Crippen LogP contribution >= 0.6 is 28.1 Å². The largest absolute Gasteiger partial charge is 0.331 e. The molecule has 3 nitrogen and oxygen atoms in total. The van der Waals surface area contributed by atoms with Gasteiger partial charge in [0.2, 0.25) is 0 Å². The van der Waals surface area contributed by atoms with Crippen molar-refractivity contribution in [2.45, 2.75) is 31.9 Å². The lowest BCUT2D eigenvalue weighted by atomic mass is 9.93. The number of halogens is 1. The first kappa shape index (κ1) is 15.0. The average molecular weight is 366 g/mol. The number of hydrogen-bond acceptors (Lipinski definition) is 2. The summed E-state index contributed by atoms with van der Waals surface area (Å²) in [5.41, 5.74) is 3.77. The van der Waals surface area contributed by atoms with Crippen LogP contribution in [0.2, 0.25) is 0 Å². The van der Waals surface area contributed by atoms with Crippen LogP contribution in [0.25, 0.3) is 11.0 Å². The second-order valence-corrected chi connectivity index (χ2v) is 7.83. The van der Waals surface area contributed by atoms with E-state index >= 15 is 0 Å². The van der Waals surface area contributed by atoms with Gasteiger partial charge in [0.25, 0.3) is 0 Å². The van der Waals surface area contributed by atoms with Gasteiger partial charge in [0.15, 0.2) is 4.77 Å². The Balaban J connectivity index is 2.05. The van der Waals surface area contributed by atoms with Crippen molar-refractivity contribution in [2.24, 2.45) is 5.41 Å². The van der Waals surface area contributed by atoms with Crippen LogP contribution in [-0.2, 0) is 13.1 Å². The molecule has 1 aliphatic rings. The van der Waals surface area contributed by atoms with Crippen LogP contribution in [0.4, 0.5) is 0 Å². The van der Waals surface area contributed by atoms with Crippen molar-refractivity contribution in [1.82, 2.24) is 14.5 Å². The van der Waals surface area contributed by atoms with Crippen molar-refractivity contribution in [3.63, 3.8) is 0 Å². The quantitative estimate of drug-likeness (QED) is 0.376. The molecule has 1 aliphatic heterocycles. The fraction of sp³-hybridized carbons (Fsp3) is 0.438. The third-order valence-corrected chi connectivity index (χ3v) is 5.33. The molecule has 0 amide bonds. The first-order chi connectivity index (χ1) is 9.91. The van der Waals surface area contributed by atoms with Crippen molar-refractivity contribution in [3.8, 4) is 0 Å².